The summed E-state index contributed by atoms with van der Waals surface area (Å²) in [6, 6.07) is -0.373. The number of aliphatic carboxylic acids is 1. The first-order valence-electron chi connectivity index (χ1n) is 19.8. The molecule has 1 fully saturated rings. The highest BCUT2D eigenvalue weighted by Crippen LogP contribution is 2.23. The molecule has 3 amide bonds. The second-order valence-corrected chi connectivity index (χ2v) is 15.0. The number of aliphatic hydroxyl groups excluding tert-OH is 1. The minimum absolute atomic E-state index is 0.0166. The molecule has 6 unspecified atom stereocenters. The van der Waals surface area contributed by atoms with Crippen molar-refractivity contribution in [2.45, 2.75) is 117 Å². The van der Waals surface area contributed by atoms with E-state index in [9.17, 15) is 48.5 Å². The molecule has 15 heteroatoms. The maximum Gasteiger partial charge on any atom is 0.330 e. The van der Waals surface area contributed by atoms with Gasteiger partial charge in [-0.05, 0) is 88.8 Å². The van der Waals surface area contributed by atoms with Crippen LogP contribution in [-0.4, -0.2) is 93.2 Å². The summed E-state index contributed by atoms with van der Waals surface area (Å²) in [7, 11) is 0. The number of ether oxygens (including phenoxy) is 1. The Labute approximate surface area is 340 Å². The Kier molecular flexibility index (Phi) is 21.3. The number of carbonyl (C=O) groups is 6. The Morgan fingerprint density at radius 3 is 2.34 bits per heavy atom. The highest BCUT2D eigenvalue weighted by Gasteiger charge is 2.37. The number of esters is 1. The first-order chi connectivity index (χ1) is 27.4. The van der Waals surface area contributed by atoms with Crippen molar-refractivity contribution in [3.63, 3.8) is 0 Å². The summed E-state index contributed by atoms with van der Waals surface area (Å²) in [5.41, 5.74) is 3.93. The molecule has 1 saturated heterocycles. The second kappa shape index (κ2) is 25.3. The first kappa shape index (κ1) is 49.0. The Balaban J connectivity index is 2.17. The number of carboxylic acids is 1. The number of phenols is 1. The van der Waals surface area contributed by atoms with Gasteiger partial charge in [-0.15, -0.1) is 0 Å². The van der Waals surface area contributed by atoms with Crippen LogP contribution in [0.3, 0.4) is 0 Å². The van der Waals surface area contributed by atoms with Crippen molar-refractivity contribution in [1.29, 1.82) is 0 Å². The van der Waals surface area contributed by atoms with Gasteiger partial charge in [0.1, 0.15) is 35.5 Å². The van der Waals surface area contributed by atoms with Gasteiger partial charge in [0.2, 0.25) is 11.8 Å². The van der Waals surface area contributed by atoms with Gasteiger partial charge in [0, 0.05) is 31.5 Å². The number of ketones is 1. The Morgan fingerprint density at radius 2 is 1.71 bits per heavy atom. The number of nitrogens with zero attached hydrogens (tertiary/aromatic N) is 1. The summed E-state index contributed by atoms with van der Waals surface area (Å²) >= 11 is 0. The Morgan fingerprint density at radius 1 is 1.00 bits per heavy atom. The zero-order valence-electron chi connectivity index (χ0n) is 34.4. The monoisotopic (exact) mass is 812 g/mol. The molecule has 1 aliphatic heterocycles. The average Bonchev–Trinajstić information content (AvgIpc) is 3.15. The van der Waals surface area contributed by atoms with Crippen LogP contribution in [0, 0.1) is 23.6 Å². The SMILES string of the molecule is CCOC(=O)/C=C/C=C(\C)CC/C=C/C=C/CC(C)C(O)C(CCC(C)=O)C(=O)NC(C(=O)NC(Cc1cc(O)cc(F)c1)C(=O)N1CCCC(C(=O)O)N1)C(C)C. The molecule has 1 aromatic rings. The molecule has 1 aliphatic rings. The van der Waals surface area contributed by atoms with Crippen LogP contribution in [-0.2, 0) is 39.9 Å². The van der Waals surface area contributed by atoms with Gasteiger partial charge in [-0.2, -0.15) is 0 Å². The number of aliphatic hydroxyl groups is 1. The maximum atomic E-state index is 14.2. The standard InChI is InChI=1S/C43H61FN4O10/c1-7-58-37(51)19-13-16-28(4)15-11-9-8-10-12-17-29(5)39(52)34(21-20-30(6)49)40(53)46-38(27(2)3)41(54)45-36(25-31-23-32(44)26-33(50)24-31)42(55)48-22-14-18-35(47-48)43(56)57/h8-10,12-13,16,19,23-24,26-27,29,34-36,38-39,47,50,52H,7,11,14-15,17-18,20-22,25H2,1-6H3,(H,45,54)(H,46,53)(H,56,57)/b9-8+,12-10+,19-13+,28-16+. The highest BCUT2D eigenvalue weighted by molar-refractivity contribution is 5.93. The first-order valence-corrected chi connectivity index (χ1v) is 19.8. The lowest BCUT2D eigenvalue weighted by Gasteiger charge is -2.35. The summed E-state index contributed by atoms with van der Waals surface area (Å²) in [5, 5.41) is 37.4. The lowest BCUT2D eigenvalue weighted by atomic mass is 9.85. The predicted molar refractivity (Wildman–Crippen MR) is 216 cm³/mol. The zero-order chi connectivity index (χ0) is 43.4. The number of hydrazine groups is 1. The highest BCUT2D eigenvalue weighted by atomic mass is 19.1. The molecule has 58 heavy (non-hydrogen) atoms. The molecular weight excluding hydrogens is 751 g/mol. The molecular formula is C43H61FN4O10. The minimum Gasteiger partial charge on any atom is -0.508 e. The van der Waals surface area contributed by atoms with Crippen molar-refractivity contribution in [3.05, 3.63) is 77.7 Å². The quantitative estimate of drug-likeness (QED) is 0.0511. The Hall–Kier alpha value is -5.15. The van der Waals surface area contributed by atoms with Crippen LogP contribution in [0.5, 0.6) is 5.75 Å². The van der Waals surface area contributed by atoms with Gasteiger partial charge >= 0.3 is 11.9 Å². The van der Waals surface area contributed by atoms with Gasteiger partial charge in [-0.3, -0.25) is 24.2 Å². The molecule has 0 saturated carbocycles. The number of carbonyl (C=O) groups excluding carboxylic acids is 5. The van der Waals surface area contributed by atoms with Crippen molar-refractivity contribution in [1.82, 2.24) is 21.1 Å². The van der Waals surface area contributed by atoms with Crippen LogP contribution < -0.4 is 16.1 Å². The molecule has 0 aromatic heterocycles. The molecule has 0 spiro atoms. The normalized spacial score (nSPS) is 17.6. The van der Waals surface area contributed by atoms with Crippen LogP contribution in [0.25, 0.3) is 0 Å². The molecule has 1 heterocycles. The average molecular weight is 813 g/mol. The third-order valence-corrected chi connectivity index (χ3v) is 9.63. The van der Waals surface area contributed by atoms with Crippen LogP contribution in [0.4, 0.5) is 4.39 Å². The summed E-state index contributed by atoms with van der Waals surface area (Å²) in [5.74, 6) is -6.97. The number of aromatic hydroxyl groups is 1. The molecule has 2 rings (SSSR count). The fourth-order valence-corrected chi connectivity index (χ4v) is 6.33. The van der Waals surface area contributed by atoms with Gasteiger partial charge in [-0.1, -0.05) is 62.8 Å². The molecule has 6 atom stereocenters. The molecule has 0 bridgehead atoms. The van der Waals surface area contributed by atoms with E-state index in [0.717, 1.165) is 35.6 Å². The number of allylic oxidation sites excluding steroid dienone is 7. The van der Waals surface area contributed by atoms with Crippen molar-refractivity contribution in [2.75, 3.05) is 13.2 Å². The van der Waals surface area contributed by atoms with Crippen LogP contribution in [0.2, 0.25) is 0 Å². The fraction of sp³-hybridized carbons (Fsp3) is 0.535. The van der Waals surface area contributed by atoms with Crippen LogP contribution in [0.1, 0.15) is 92.1 Å². The van der Waals surface area contributed by atoms with Gasteiger partial charge in [-0.25, -0.2) is 14.6 Å². The molecule has 0 radical (unpaired) electrons. The molecule has 0 aliphatic carbocycles. The lowest BCUT2D eigenvalue weighted by Crippen LogP contribution is -2.62. The van der Waals surface area contributed by atoms with Crippen LogP contribution >= 0.6 is 0 Å². The third kappa shape index (κ3) is 17.6. The van der Waals surface area contributed by atoms with Crippen molar-refractivity contribution in [2.24, 2.45) is 17.8 Å². The molecule has 14 nitrogen and oxygen atoms in total. The topological polar surface area (TPSA) is 212 Å². The number of amides is 3. The van der Waals surface area contributed by atoms with E-state index in [2.05, 4.69) is 16.1 Å². The number of Topliss-reactive ketones (excluding diaryl/α,β-unsaturated/α-hetero) is 1. The minimum atomic E-state index is -1.35. The van der Waals surface area contributed by atoms with Gasteiger partial charge in [0.25, 0.3) is 5.91 Å². The second-order valence-electron chi connectivity index (χ2n) is 15.0. The largest absolute Gasteiger partial charge is 0.508 e. The number of rotatable bonds is 23. The summed E-state index contributed by atoms with van der Waals surface area (Å²) in [6.07, 6.45) is 13.7. The Bertz CT molecular complexity index is 1670. The fourth-order valence-electron chi connectivity index (χ4n) is 6.33. The predicted octanol–water partition coefficient (Wildman–Crippen LogP) is 4.61. The maximum absolute atomic E-state index is 14.2. The van der Waals surface area contributed by atoms with E-state index in [1.54, 1.807) is 33.8 Å². The van der Waals surface area contributed by atoms with E-state index in [4.69, 9.17) is 4.74 Å². The summed E-state index contributed by atoms with van der Waals surface area (Å²) < 4.78 is 19.1. The summed E-state index contributed by atoms with van der Waals surface area (Å²) in [6.45, 7) is 10.7. The van der Waals surface area contributed by atoms with E-state index in [1.165, 1.54) is 19.1 Å². The van der Waals surface area contributed by atoms with E-state index in [0.29, 0.717) is 19.4 Å². The van der Waals surface area contributed by atoms with E-state index >= 15 is 0 Å². The molecule has 1 aromatic carbocycles. The number of hydrogen-bond acceptors (Lipinski definition) is 10. The molecule has 320 valence electrons. The van der Waals surface area contributed by atoms with Gasteiger partial charge < -0.3 is 35.5 Å². The number of benzene rings is 1. The summed E-state index contributed by atoms with van der Waals surface area (Å²) in [4.78, 5) is 76.6. The number of nitrogens with one attached hydrogen (secondary N) is 3. The number of hydrogen-bond donors (Lipinski definition) is 6. The number of carboxylic acid groups (broad SMARTS) is 1. The van der Waals surface area contributed by atoms with E-state index in [-0.39, 0.29) is 43.6 Å². The zero-order valence-corrected chi connectivity index (χ0v) is 34.4. The smallest absolute Gasteiger partial charge is 0.330 e. The molecule has 6 N–H and O–H groups in total. The van der Waals surface area contributed by atoms with E-state index < -0.39 is 83.2 Å². The van der Waals surface area contributed by atoms with Crippen molar-refractivity contribution >= 4 is 35.4 Å². The van der Waals surface area contributed by atoms with E-state index in [1.807, 2.05) is 37.3 Å². The third-order valence-electron chi connectivity index (χ3n) is 9.63. The number of halogens is 1. The number of phenolic OH excluding ortho intramolecular Hbond substituents is 1. The van der Waals surface area contributed by atoms with Crippen LogP contribution in [0.15, 0.2) is 66.3 Å². The van der Waals surface area contributed by atoms with Gasteiger partial charge in [0.15, 0.2) is 0 Å². The lowest BCUT2D eigenvalue weighted by molar-refractivity contribution is -0.149. The van der Waals surface area contributed by atoms with Crippen molar-refractivity contribution < 1.29 is 53.2 Å². The van der Waals surface area contributed by atoms with Gasteiger partial charge in [0.05, 0.1) is 18.6 Å². The van der Waals surface area contributed by atoms with Crippen molar-refractivity contribution in [3.8, 4) is 5.75 Å².